The van der Waals surface area contributed by atoms with Crippen LogP contribution in [0.3, 0.4) is 0 Å². The molecule has 2 aliphatic rings. The summed E-state index contributed by atoms with van der Waals surface area (Å²) >= 11 is 0. The fourth-order valence-corrected chi connectivity index (χ4v) is 10.4. The van der Waals surface area contributed by atoms with Gasteiger partial charge >= 0.3 is 0 Å². The minimum Gasteiger partial charge on any atom is -0.310 e. The summed E-state index contributed by atoms with van der Waals surface area (Å²) in [6.45, 7) is 13.7. The Balaban J connectivity index is 1.28. The fraction of sp³-hybridized carbons (Fsp3) is 0.172. The lowest BCUT2D eigenvalue weighted by Crippen LogP contribution is -2.44. The average molecular weight is 762 g/mol. The Kier molecular flexibility index (Phi) is 8.48. The Labute approximate surface area is 350 Å². The van der Waals surface area contributed by atoms with Crippen LogP contribution in [0.25, 0.3) is 11.1 Å². The van der Waals surface area contributed by atoms with Crippen LogP contribution in [0.5, 0.6) is 0 Å². The van der Waals surface area contributed by atoms with Crippen LogP contribution in [0.4, 0.5) is 17.1 Å². The third-order valence-electron chi connectivity index (χ3n) is 13.2. The number of anilines is 3. The lowest BCUT2D eigenvalue weighted by Gasteiger charge is -2.50. The van der Waals surface area contributed by atoms with E-state index < -0.39 is 10.8 Å². The standard InChI is InChI=1S/C58H51N/c1-55(2,3)40-29-33-44(34-30-40)59(45-35-31-41(32-36-45)56(4,5)6)46-37-38-48-47-23-13-14-24-49(47)58(54(48)39-46)52-27-17-15-25-50(52)57(42-19-9-7-10-20-42,43-21-11-8-12-22-43)51-26-16-18-28-53(51)58/h7-39H,1-6H3. The summed E-state index contributed by atoms with van der Waals surface area (Å²) in [5.74, 6) is 0. The summed E-state index contributed by atoms with van der Waals surface area (Å²) in [5, 5.41) is 0. The first-order valence-corrected chi connectivity index (χ1v) is 21.1. The lowest BCUT2D eigenvalue weighted by atomic mass is 9.51. The van der Waals surface area contributed by atoms with Gasteiger partial charge in [0.05, 0.1) is 10.8 Å². The average Bonchev–Trinajstić information content (AvgIpc) is 3.55. The Bertz CT molecular complexity index is 2670. The van der Waals surface area contributed by atoms with E-state index in [-0.39, 0.29) is 10.8 Å². The van der Waals surface area contributed by atoms with Crippen LogP contribution < -0.4 is 4.90 Å². The van der Waals surface area contributed by atoms with Gasteiger partial charge in [0, 0.05) is 17.1 Å². The molecule has 0 fully saturated rings. The van der Waals surface area contributed by atoms with Crippen LogP contribution in [0, 0.1) is 0 Å². The van der Waals surface area contributed by atoms with E-state index in [4.69, 9.17) is 0 Å². The molecule has 0 heterocycles. The number of rotatable bonds is 5. The molecule has 0 N–H and O–H groups in total. The van der Waals surface area contributed by atoms with Crippen molar-refractivity contribution in [1.29, 1.82) is 0 Å². The zero-order valence-corrected chi connectivity index (χ0v) is 35.0. The number of nitrogens with zero attached hydrogens (tertiary/aromatic N) is 1. The third-order valence-corrected chi connectivity index (χ3v) is 13.2. The largest absolute Gasteiger partial charge is 0.310 e. The number of benzene rings is 8. The van der Waals surface area contributed by atoms with Crippen molar-refractivity contribution in [3.05, 3.63) is 256 Å². The molecule has 0 amide bonds. The molecule has 0 saturated heterocycles. The van der Waals surface area contributed by atoms with Gasteiger partial charge in [-0.25, -0.2) is 0 Å². The molecule has 0 bridgehead atoms. The third kappa shape index (κ3) is 5.51. The highest BCUT2D eigenvalue weighted by Gasteiger charge is 2.56. The van der Waals surface area contributed by atoms with Crippen molar-refractivity contribution in [2.24, 2.45) is 0 Å². The molecule has 0 saturated carbocycles. The fourth-order valence-electron chi connectivity index (χ4n) is 10.4. The predicted molar refractivity (Wildman–Crippen MR) is 248 cm³/mol. The van der Waals surface area contributed by atoms with Crippen molar-refractivity contribution in [3.8, 4) is 11.1 Å². The SMILES string of the molecule is CC(C)(C)c1ccc(N(c2ccc(C(C)(C)C)cc2)c2ccc3c(c2)C2(c4ccccc4-3)c3ccccc3C(c3ccccc3)(c3ccccc3)c3ccccc32)cc1. The van der Waals surface area contributed by atoms with Gasteiger partial charge in [-0.2, -0.15) is 0 Å². The zero-order chi connectivity index (χ0) is 40.6. The van der Waals surface area contributed by atoms with Gasteiger partial charge in [-0.05, 0) is 114 Å². The molecule has 0 unspecified atom stereocenters. The minimum atomic E-state index is -0.569. The Morgan fingerprint density at radius 3 is 1.10 bits per heavy atom. The molecule has 0 aliphatic heterocycles. The smallest absolute Gasteiger partial charge is 0.0720 e. The summed E-state index contributed by atoms with van der Waals surface area (Å²) < 4.78 is 0. The highest BCUT2D eigenvalue weighted by atomic mass is 15.1. The highest BCUT2D eigenvalue weighted by molar-refractivity contribution is 5.92. The Morgan fingerprint density at radius 1 is 0.305 bits per heavy atom. The van der Waals surface area contributed by atoms with E-state index in [0.29, 0.717) is 0 Å². The van der Waals surface area contributed by atoms with Crippen LogP contribution in [0.2, 0.25) is 0 Å². The van der Waals surface area contributed by atoms with E-state index in [0.717, 1.165) is 17.1 Å². The molecular weight excluding hydrogens is 711 g/mol. The molecule has 0 radical (unpaired) electrons. The van der Waals surface area contributed by atoms with Gasteiger partial charge in [0.2, 0.25) is 0 Å². The summed E-state index contributed by atoms with van der Waals surface area (Å²) in [7, 11) is 0. The monoisotopic (exact) mass is 761 g/mol. The second kappa shape index (κ2) is 13.6. The molecule has 1 heteroatoms. The normalized spacial score (nSPS) is 14.5. The zero-order valence-electron chi connectivity index (χ0n) is 35.0. The molecule has 1 nitrogen and oxygen atoms in total. The maximum Gasteiger partial charge on any atom is 0.0720 e. The van der Waals surface area contributed by atoms with Crippen LogP contribution in [0.15, 0.2) is 200 Å². The molecule has 0 atom stereocenters. The predicted octanol–water partition coefficient (Wildman–Crippen LogP) is 14.8. The van der Waals surface area contributed by atoms with Crippen LogP contribution in [-0.2, 0) is 21.7 Å². The molecule has 59 heavy (non-hydrogen) atoms. The van der Waals surface area contributed by atoms with Crippen molar-refractivity contribution in [3.63, 3.8) is 0 Å². The van der Waals surface area contributed by atoms with Crippen molar-refractivity contribution in [1.82, 2.24) is 0 Å². The van der Waals surface area contributed by atoms with E-state index in [2.05, 4.69) is 247 Å². The molecule has 1 spiro atoms. The van der Waals surface area contributed by atoms with E-state index in [9.17, 15) is 0 Å². The number of fused-ring (bicyclic) bond motifs is 9. The van der Waals surface area contributed by atoms with Gasteiger partial charge < -0.3 is 4.90 Å². The van der Waals surface area contributed by atoms with E-state index in [1.54, 1.807) is 0 Å². The topological polar surface area (TPSA) is 3.24 Å². The maximum absolute atomic E-state index is 2.51. The van der Waals surface area contributed by atoms with E-state index in [1.165, 1.54) is 66.8 Å². The summed E-state index contributed by atoms with van der Waals surface area (Å²) in [6, 6.07) is 75.7. The molecular formula is C58H51N. The molecule has 288 valence electrons. The van der Waals surface area contributed by atoms with Gasteiger partial charge in [0.1, 0.15) is 0 Å². The first-order chi connectivity index (χ1) is 28.5. The van der Waals surface area contributed by atoms with Gasteiger partial charge in [0.15, 0.2) is 0 Å². The van der Waals surface area contributed by atoms with Gasteiger partial charge in [-0.1, -0.05) is 205 Å². The van der Waals surface area contributed by atoms with E-state index >= 15 is 0 Å². The van der Waals surface area contributed by atoms with Gasteiger partial charge in [0.25, 0.3) is 0 Å². The second-order valence-corrected chi connectivity index (χ2v) is 18.5. The molecule has 2 aliphatic carbocycles. The van der Waals surface area contributed by atoms with E-state index in [1.807, 2.05) is 0 Å². The van der Waals surface area contributed by atoms with Crippen molar-refractivity contribution in [2.45, 2.75) is 63.2 Å². The van der Waals surface area contributed by atoms with Crippen LogP contribution in [0.1, 0.15) is 97.2 Å². The Morgan fingerprint density at radius 2 is 0.661 bits per heavy atom. The maximum atomic E-state index is 2.51. The van der Waals surface area contributed by atoms with Crippen LogP contribution in [-0.4, -0.2) is 0 Å². The van der Waals surface area contributed by atoms with Crippen molar-refractivity contribution in [2.75, 3.05) is 4.90 Å². The van der Waals surface area contributed by atoms with Crippen molar-refractivity contribution < 1.29 is 0 Å². The van der Waals surface area contributed by atoms with Gasteiger partial charge in [-0.15, -0.1) is 0 Å². The Hall–Kier alpha value is -6.44. The quantitative estimate of drug-likeness (QED) is 0.169. The molecule has 8 aromatic rings. The van der Waals surface area contributed by atoms with Crippen LogP contribution >= 0.6 is 0 Å². The number of hydrogen-bond donors (Lipinski definition) is 0. The van der Waals surface area contributed by atoms with Crippen molar-refractivity contribution >= 4 is 17.1 Å². The second-order valence-electron chi connectivity index (χ2n) is 18.5. The molecule has 8 aromatic carbocycles. The minimum absolute atomic E-state index is 0.0555. The molecule has 10 rings (SSSR count). The number of hydrogen-bond acceptors (Lipinski definition) is 1. The summed E-state index contributed by atoms with van der Waals surface area (Å²) in [4.78, 5) is 2.45. The first-order valence-electron chi connectivity index (χ1n) is 21.1. The lowest BCUT2D eigenvalue weighted by molar-refractivity contribution is 0.590. The highest BCUT2D eigenvalue weighted by Crippen LogP contribution is 2.65. The summed E-state index contributed by atoms with van der Waals surface area (Å²) in [6.07, 6.45) is 0. The van der Waals surface area contributed by atoms with Gasteiger partial charge in [-0.3, -0.25) is 0 Å². The first kappa shape index (κ1) is 36.9. The molecule has 0 aromatic heterocycles. The summed E-state index contributed by atoms with van der Waals surface area (Å²) in [5.41, 5.74) is 18.1.